The van der Waals surface area contributed by atoms with E-state index >= 15 is 0 Å². The van der Waals surface area contributed by atoms with Crippen molar-refractivity contribution in [3.8, 4) is 0 Å². The Morgan fingerprint density at radius 1 is 1.15 bits per heavy atom. The average Bonchev–Trinajstić information content (AvgIpc) is 3.15. The summed E-state index contributed by atoms with van der Waals surface area (Å²) in [4.78, 5) is 13.6. The Morgan fingerprint density at radius 2 is 1.81 bits per heavy atom. The highest BCUT2D eigenvalue weighted by Gasteiger charge is 2.35. The fraction of sp³-hybridized carbons (Fsp3) is 0.562. The maximum absolute atomic E-state index is 12.8. The van der Waals surface area contributed by atoms with Crippen molar-refractivity contribution in [2.24, 2.45) is 0 Å². The van der Waals surface area contributed by atoms with Gasteiger partial charge in [-0.05, 0) is 37.6 Å². The van der Waals surface area contributed by atoms with Crippen molar-refractivity contribution < 1.29 is 26.4 Å². The van der Waals surface area contributed by atoms with Crippen LogP contribution in [0.1, 0.15) is 18.4 Å². The Labute approximate surface area is 162 Å². The van der Waals surface area contributed by atoms with Crippen LogP contribution in [0.25, 0.3) is 0 Å². The second-order valence-electron chi connectivity index (χ2n) is 6.40. The summed E-state index contributed by atoms with van der Waals surface area (Å²) in [7, 11) is -4.03. The summed E-state index contributed by atoms with van der Waals surface area (Å²) in [5.41, 5.74) is -1.00. The van der Waals surface area contributed by atoms with Crippen LogP contribution in [0.15, 0.2) is 29.2 Å². The first-order valence-corrected chi connectivity index (χ1v) is 9.83. The van der Waals surface area contributed by atoms with Gasteiger partial charge in [0, 0.05) is 26.2 Å². The van der Waals surface area contributed by atoms with Crippen LogP contribution in [0, 0.1) is 0 Å². The van der Waals surface area contributed by atoms with E-state index in [2.05, 4.69) is 5.32 Å². The lowest BCUT2D eigenvalue weighted by Gasteiger charge is -2.35. The van der Waals surface area contributed by atoms with Gasteiger partial charge in [0.2, 0.25) is 15.9 Å². The standard InChI is InChI=1S/C16H20F3N3O3S.ClH/c17-16(18,19)12-3-1-4-13(11-12)26(24,25)22-9-7-21(8-10-22)15(23)14-5-2-6-20-14;/h1,3-4,11,14,20H,2,5-10H2;1H. The molecule has 2 aliphatic rings. The molecule has 0 bridgehead atoms. The molecule has 0 aliphatic carbocycles. The molecule has 2 saturated heterocycles. The first-order valence-electron chi connectivity index (χ1n) is 8.39. The van der Waals surface area contributed by atoms with Crippen LogP contribution in [-0.4, -0.2) is 62.3 Å². The number of hydrogen-bond donors (Lipinski definition) is 1. The molecule has 6 nitrogen and oxygen atoms in total. The summed E-state index contributed by atoms with van der Waals surface area (Å²) in [5.74, 6) is -0.0429. The molecule has 0 radical (unpaired) electrons. The van der Waals surface area contributed by atoms with Crippen LogP contribution in [0.2, 0.25) is 0 Å². The van der Waals surface area contributed by atoms with Gasteiger partial charge < -0.3 is 10.2 Å². The molecule has 0 saturated carbocycles. The molecule has 1 unspecified atom stereocenters. The van der Waals surface area contributed by atoms with Crippen LogP contribution in [-0.2, 0) is 21.0 Å². The predicted octanol–water partition coefficient (Wildman–Crippen LogP) is 1.71. The maximum atomic E-state index is 12.8. The van der Waals surface area contributed by atoms with Gasteiger partial charge >= 0.3 is 6.18 Å². The minimum absolute atomic E-state index is 0. The van der Waals surface area contributed by atoms with Gasteiger partial charge in [-0.2, -0.15) is 17.5 Å². The summed E-state index contributed by atoms with van der Waals surface area (Å²) < 4.78 is 64.9. The fourth-order valence-corrected chi connectivity index (χ4v) is 4.72. The van der Waals surface area contributed by atoms with E-state index in [0.717, 1.165) is 41.9 Å². The highest BCUT2D eigenvalue weighted by Crippen LogP contribution is 2.31. The van der Waals surface area contributed by atoms with Crippen LogP contribution >= 0.6 is 12.4 Å². The number of amides is 1. The van der Waals surface area contributed by atoms with Gasteiger partial charge in [-0.25, -0.2) is 8.42 Å². The molecule has 11 heteroatoms. The number of nitrogens with zero attached hydrogens (tertiary/aromatic N) is 2. The average molecular weight is 428 g/mol. The Hall–Kier alpha value is -1.36. The Balaban J connectivity index is 0.00000261. The first kappa shape index (κ1) is 21.9. The number of carbonyl (C=O) groups is 1. The van der Waals surface area contributed by atoms with Crippen molar-refractivity contribution in [3.05, 3.63) is 29.8 Å². The van der Waals surface area contributed by atoms with E-state index in [-0.39, 0.29) is 55.4 Å². The monoisotopic (exact) mass is 427 g/mol. The maximum Gasteiger partial charge on any atom is 0.416 e. The van der Waals surface area contributed by atoms with Crippen molar-refractivity contribution in [1.29, 1.82) is 0 Å². The number of halogens is 4. The van der Waals surface area contributed by atoms with E-state index in [9.17, 15) is 26.4 Å². The van der Waals surface area contributed by atoms with E-state index in [1.165, 1.54) is 0 Å². The Morgan fingerprint density at radius 3 is 2.37 bits per heavy atom. The van der Waals surface area contributed by atoms with Gasteiger partial charge in [-0.1, -0.05) is 6.07 Å². The van der Waals surface area contributed by atoms with E-state index in [0.29, 0.717) is 6.07 Å². The molecule has 2 heterocycles. The van der Waals surface area contributed by atoms with E-state index in [1.807, 2.05) is 0 Å². The van der Waals surface area contributed by atoms with Gasteiger partial charge in [0.15, 0.2) is 0 Å². The third-order valence-corrected chi connectivity index (χ3v) is 6.60. The molecule has 1 aromatic rings. The zero-order chi connectivity index (χ0) is 18.9. The molecule has 2 fully saturated rings. The van der Waals surface area contributed by atoms with Crippen molar-refractivity contribution in [2.45, 2.75) is 30.0 Å². The molecule has 3 rings (SSSR count). The number of alkyl halides is 3. The second kappa shape index (κ2) is 8.34. The molecule has 1 aromatic carbocycles. The largest absolute Gasteiger partial charge is 0.416 e. The highest BCUT2D eigenvalue weighted by molar-refractivity contribution is 7.89. The number of sulfonamides is 1. The van der Waals surface area contributed by atoms with Gasteiger partial charge in [0.25, 0.3) is 0 Å². The molecule has 27 heavy (non-hydrogen) atoms. The smallest absolute Gasteiger partial charge is 0.339 e. The lowest BCUT2D eigenvalue weighted by Crippen LogP contribution is -2.54. The third kappa shape index (κ3) is 4.74. The van der Waals surface area contributed by atoms with E-state index in [4.69, 9.17) is 0 Å². The lowest BCUT2D eigenvalue weighted by molar-refractivity contribution is -0.137. The zero-order valence-electron chi connectivity index (χ0n) is 14.4. The van der Waals surface area contributed by atoms with Crippen LogP contribution in [0.4, 0.5) is 13.2 Å². The Kier molecular flexibility index (Phi) is 6.77. The SMILES string of the molecule is Cl.O=C(C1CCCN1)N1CCN(S(=O)(=O)c2cccc(C(F)(F)F)c2)CC1. The second-order valence-corrected chi connectivity index (χ2v) is 8.34. The van der Waals surface area contributed by atoms with Crippen molar-refractivity contribution >= 4 is 28.3 Å². The third-order valence-electron chi connectivity index (χ3n) is 4.71. The minimum Gasteiger partial charge on any atom is -0.339 e. The topological polar surface area (TPSA) is 69.7 Å². The normalized spacial score (nSPS) is 21.7. The molecule has 152 valence electrons. The van der Waals surface area contributed by atoms with E-state index < -0.39 is 21.8 Å². The predicted molar refractivity (Wildman–Crippen MR) is 95.1 cm³/mol. The molecule has 0 aromatic heterocycles. The molecular formula is C16H21ClF3N3O3S. The number of nitrogens with one attached hydrogen (secondary N) is 1. The number of carbonyl (C=O) groups excluding carboxylic acids is 1. The number of hydrogen-bond acceptors (Lipinski definition) is 4. The summed E-state index contributed by atoms with van der Waals surface area (Å²) in [6, 6.07) is 3.51. The number of rotatable bonds is 3. The van der Waals surface area contributed by atoms with Crippen molar-refractivity contribution in [3.63, 3.8) is 0 Å². The fourth-order valence-electron chi connectivity index (χ4n) is 3.25. The number of benzene rings is 1. The molecule has 0 spiro atoms. The van der Waals surface area contributed by atoms with Crippen molar-refractivity contribution in [1.82, 2.24) is 14.5 Å². The van der Waals surface area contributed by atoms with E-state index in [1.54, 1.807) is 4.90 Å². The highest BCUT2D eigenvalue weighted by atomic mass is 35.5. The van der Waals surface area contributed by atoms with Gasteiger partial charge in [-0.3, -0.25) is 4.79 Å². The zero-order valence-corrected chi connectivity index (χ0v) is 16.0. The van der Waals surface area contributed by atoms with Crippen LogP contribution in [0.5, 0.6) is 0 Å². The summed E-state index contributed by atoms with van der Waals surface area (Å²) in [6.45, 7) is 1.39. The summed E-state index contributed by atoms with van der Waals surface area (Å²) >= 11 is 0. The summed E-state index contributed by atoms with van der Waals surface area (Å²) in [6.07, 6.45) is -2.91. The Bertz CT molecular complexity index is 775. The van der Waals surface area contributed by atoms with Gasteiger partial charge in [0.05, 0.1) is 16.5 Å². The van der Waals surface area contributed by atoms with Crippen LogP contribution < -0.4 is 5.32 Å². The molecular weight excluding hydrogens is 407 g/mol. The minimum atomic E-state index is -4.61. The van der Waals surface area contributed by atoms with Gasteiger partial charge in [-0.15, -0.1) is 12.4 Å². The molecule has 1 atom stereocenters. The molecule has 1 N–H and O–H groups in total. The molecule has 2 aliphatic heterocycles. The van der Waals surface area contributed by atoms with Crippen molar-refractivity contribution in [2.75, 3.05) is 32.7 Å². The first-order chi connectivity index (χ1) is 12.2. The van der Waals surface area contributed by atoms with Crippen LogP contribution in [0.3, 0.4) is 0 Å². The summed E-state index contributed by atoms with van der Waals surface area (Å²) in [5, 5.41) is 3.11. The van der Waals surface area contributed by atoms with Gasteiger partial charge in [0.1, 0.15) is 0 Å². The lowest BCUT2D eigenvalue weighted by atomic mass is 10.2. The quantitative estimate of drug-likeness (QED) is 0.797. The number of piperazine rings is 1. The molecule has 1 amide bonds.